The number of benzene rings is 4. The Labute approximate surface area is 430 Å². The van der Waals surface area contributed by atoms with Crippen LogP contribution in [0, 0.1) is 0 Å². The smallest absolute Gasteiger partial charge is 0.321 e. The molecule has 3 amide bonds. The van der Waals surface area contributed by atoms with E-state index in [1.165, 1.54) is 10.5 Å². The zero-order chi connectivity index (χ0) is 52.0. The first-order valence-electron chi connectivity index (χ1n) is 24.6. The lowest BCUT2D eigenvalue weighted by Crippen LogP contribution is -2.27. The highest BCUT2D eigenvalue weighted by Crippen LogP contribution is 2.39. The average Bonchev–Trinajstić information content (AvgIpc) is 4.24. The summed E-state index contributed by atoms with van der Waals surface area (Å²) in [5.74, 6) is 0.0693. The number of hydrogen-bond donors (Lipinski definition) is 3. The molecule has 15 heteroatoms. The molecule has 6 heterocycles. The molecule has 0 unspecified atom stereocenters. The fraction of sp³-hybridized carbons (Fsp3) is 0.203. The van der Waals surface area contributed by atoms with Crippen molar-refractivity contribution in [3.05, 3.63) is 163 Å². The maximum atomic E-state index is 12.1. The second kappa shape index (κ2) is 21.8. The highest BCUT2D eigenvalue weighted by molar-refractivity contribution is 6.01. The largest absolute Gasteiger partial charge is 0.349 e. The zero-order valence-electron chi connectivity index (χ0n) is 43.0. The lowest BCUT2D eigenvalue weighted by molar-refractivity contribution is -0.127. The van der Waals surface area contributed by atoms with Gasteiger partial charge in [0.2, 0.25) is 5.91 Å². The van der Waals surface area contributed by atoms with Gasteiger partial charge < -0.3 is 30.0 Å². The van der Waals surface area contributed by atoms with Crippen molar-refractivity contribution < 1.29 is 14.4 Å². The van der Waals surface area contributed by atoms with Crippen LogP contribution >= 0.6 is 0 Å². The SMILES string of the molecule is CCn1cc(-c2ccnc3[nH]c(-c4cccc(C=O)c4)cc23)c(-c2ccc(CC(=O)N(C)C)cc2)n1.CCn1cc(-c2ccnc3[nH]c(-c4cccc(CN(C)C)c4)cc23)c(-c2ccc(NC(=O)N(C)C)cc2)n1. The molecule has 0 saturated heterocycles. The molecule has 4 aromatic carbocycles. The lowest BCUT2D eigenvalue weighted by Gasteiger charge is -2.12. The van der Waals surface area contributed by atoms with Gasteiger partial charge in [-0.05, 0) is 110 Å². The first-order chi connectivity index (χ1) is 35.8. The minimum atomic E-state index is -0.164. The molecule has 0 aliphatic carbocycles. The Balaban J connectivity index is 0.000000182. The fourth-order valence-corrected chi connectivity index (χ4v) is 8.86. The van der Waals surface area contributed by atoms with Crippen LogP contribution < -0.4 is 5.32 Å². The number of anilines is 1. The molecule has 74 heavy (non-hydrogen) atoms. The standard InChI is InChI=1S/C30H33N7O.C29H27N5O2/c1-6-37-19-26(28(34-37)21-10-12-23(13-11-21)32-30(38)36(4)5)24-14-15-31-29-25(24)17-27(33-29)22-9-7-8-20(16-22)18-35(2)3;1-4-34-17-25(28(32-34)21-10-8-19(9-11-21)15-27(36)33(2)3)23-12-13-30-29-24(23)16-26(31-29)22-7-5-6-20(14-22)18-35/h7-17,19H,6,18H2,1-5H3,(H,31,33)(H,32,38);5-14,16-18H,4,15H2,1-3H3,(H,30,31). The molecule has 0 saturated carbocycles. The van der Waals surface area contributed by atoms with E-state index in [1.807, 2.05) is 88.4 Å². The molecule has 0 radical (unpaired) electrons. The number of carbonyl (C=O) groups is 3. The van der Waals surface area contributed by atoms with Crippen LogP contribution in [-0.2, 0) is 30.8 Å². The van der Waals surface area contributed by atoms with Crippen LogP contribution in [0.2, 0.25) is 0 Å². The second-order valence-electron chi connectivity index (χ2n) is 18.8. The summed E-state index contributed by atoms with van der Waals surface area (Å²) in [4.78, 5) is 56.8. The number of urea groups is 1. The molecule has 0 aliphatic heterocycles. The number of aryl methyl sites for hydroxylation is 2. The van der Waals surface area contributed by atoms with E-state index in [9.17, 15) is 14.4 Å². The van der Waals surface area contributed by atoms with E-state index in [0.29, 0.717) is 12.0 Å². The molecule has 0 aliphatic rings. The molecule has 0 atom stereocenters. The monoisotopic (exact) mass is 984 g/mol. The van der Waals surface area contributed by atoms with Crippen LogP contribution in [0.15, 0.2) is 146 Å². The Morgan fingerprint density at radius 2 is 1.11 bits per heavy atom. The third-order valence-electron chi connectivity index (χ3n) is 12.8. The summed E-state index contributed by atoms with van der Waals surface area (Å²) in [5, 5.41) is 14.7. The fourth-order valence-electron chi connectivity index (χ4n) is 8.86. The number of aromatic nitrogens is 8. The minimum absolute atomic E-state index is 0.0693. The van der Waals surface area contributed by atoms with Gasteiger partial charge in [0.1, 0.15) is 29.0 Å². The van der Waals surface area contributed by atoms with Crippen LogP contribution in [0.3, 0.4) is 0 Å². The normalized spacial score (nSPS) is 11.2. The van der Waals surface area contributed by atoms with Gasteiger partial charge in [-0.15, -0.1) is 0 Å². The molecular weight excluding hydrogens is 925 g/mol. The number of nitrogens with one attached hydrogen (secondary N) is 3. The van der Waals surface area contributed by atoms with Crippen LogP contribution in [0.4, 0.5) is 10.5 Å². The number of carbonyl (C=O) groups excluding carboxylic acids is 3. The van der Waals surface area contributed by atoms with Crippen molar-refractivity contribution in [1.82, 2.24) is 54.2 Å². The predicted octanol–water partition coefficient (Wildman–Crippen LogP) is 11.2. The van der Waals surface area contributed by atoms with Crippen LogP contribution in [0.5, 0.6) is 0 Å². The second-order valence-corrected chi connectivity index (χ2v) is 18.8. The summed E-state index contributed by atoms with van der Waals surface area (Å²) in [6, 6.07) is 40.1. The van der Waals surface area contributed by atoms with E-state index in [0.717, 1.165) is 127 Å². The molecule has 15 nitrogen and oxygen atoms in total. The van der Waals surface area contributed by atoms with Gasteiger partial charge in [-0.1, -0.05) is 72.8 Å². The van der Waals surface area contributed by atoms with Crippen molar-refractivity contribution in [3.8, 4) is 67.3 Å². The number of hydrogen-bond acceptors (Lipinski definition) is 8. The number of aldehydes is 1. The number of likely N-dealkylation sites (N-methyl/N-ethyl adjacent to an activating group) is 1. The van der Waals surface area contributed by atoms with Gasteiger partial charge in [0.05, 0.1) is 6.42 Å². The summed E-state index contributed by atoms with van der Waals surface area (Å²) in [6.45, 7) is 6.53. The Hall–Kier alpha value is -8.95. The molecule has 10 aromatic rings. The number of pyridine rings is 2. The molecule has 10 rings (SSSR count). The first-order valence-corrected chi connectivity index (χ1v) is 24.6. The van der Waals surface area contributed by atoms with Gasteiger partial charge in [0.25, 0.3) is 0 Å². The van der Waals surface area contributed by atoms with Crippen LogP contribution in [0.25, 0.3) is 89.4 Å². The summed E-state index contributed by atoms with van der Waals surface area (Å²) in [7, 11) is 11.1. The number of H-pyrrole nitrogens is 2. The Morgan fingerprint density at radius 1 is 0.581 bits per heavy atom. The van der Waals surface area contributed by atoms with Gasteiger partial charge >= 0.3 is 6.03 Å². The Morgan fingerprint density at radius 3 is 1.61 bits per heavy atom. The van der Waals surface area contributed by atoms with Crippen molar-refractivity contribution in [3.63, 3.8) is 0 Å². The number of rotatable bonds is 14. The Kier molecular flexibility index (Phi) is 14.7. The first kappa shape index (κ1) is 50.0. The minimum Gasteiger partial charge on any atom is -0.349 e. The molecule has 3 N–H and O–H groups in total. The number of nitrogens with zero attached hydrogens (tertiary/aromatic N) is 9. The summed E-state index contributed by atoms with van der Waals surface area (Å²) >= 11 is 0. The summed E-state index contributed by atoms with van der Waals surface area (Å²) in [6.07, 6.45) is 9.01. The summed E-state index contributed by atoms with van der Waals surface area (Å²) in [5.41, 5.74) is 17.1. The van der Waals surface area contributed by atoms with Crippen LogP contribution in [0.1, 0.15) is 35.3 Å². The maximum absolute atomic E-state index is 12.1. The predicted molar refractivity (Wildman–Crippen MR) is 296 cm³/mol. The lowest BCUT2D eigenvalue weighted by atomic mass is 9.99. The van der Waals surface area contributed by atoms with Crippen molar-refractivity contribution in [1.29, 1.82) is 0 Å². The van der Waals surface area contributed by atoms with E-state index in [-0.39, 0.29) is 11.9 Å². The van der Waals surface area contributed by atoms with E-state index in [1.54, 1.807) is 45.4 Å². The van der Waals surface area contributed by atoms with Gasteiger partial charge in [-0.3, -0.25) is 19.0 Å². The topological polar surface area (TPSA) is 166 Å². The third-order valence-corrected chi connectivity index (χ3v) is 12.8. The van der Waals surface area contributed by atoms with Gasteiger partial charge in [0, 0.05) is 128 Å². The molecule has 0 bridgehead atoms. The van der Waals surface area contributed by atoms with Gasteiger partial charge in [-0.25, -0.2) is 14.8 Å². The molecular formula is C59H60N12O3. The number of fused-ring (bicyclic) bond motifs is 2. The molecule has 0 fully saturated rings. The van der Waals surface area contributed by atoms with Crippen molar-refractivity contribution >= 4 is 46.0 Å². The maximum Gasteiger partial charge on any atom is 0.321 e. The molecule has 0 spiro atoms. The third kappa shape index (κ3) is 10.9. The number of aromatic amines is 2. The van der Waals surface area contributed by atoms with Gasteiger partial charge in [0.15, 0.2) is 0 Å². The highest BCUT2D eigenvalue weighted by atomic mass is 16.2. The van der Waals surface area contributed by atoms with E-state index < -0.39 is 0 Å². The van der Waals surface area contributed by atoms with Crippen molar-refractivity contribution in [2.24, 2.45) is 0 Å². The van der Waals surface area contributed by atoms with Crippen LogP contribution in [-0.4, -0.2) is 115 Å². The van der Waals surface area contributed by atoms with Crippen molar-refractivity contribution in [2.75, 3.05) is 47.6 Å². The molecule has 6 aromatic heterocycles. The van der Waals surface area contributed by atoms with E-state index in [4.69, 9.17) is 10.2 Å². The van der Waals surface area contributed by atoms with E-state index >= 15 is 0 Å². The quantitative estimate of drug-likeness (QED) is 0.0906. The highest BCUT2D eigenvalue weighted by Gasteiger charge is 2.20. The number of amides is 3. The van der Waals surface area contributed by atoms with E-state index in [2.05, 4.69) is 113 Å². The molecule has 374 valence electrons. The Bertz CT molecular complexity index is 3620. The summed E-state index contributed by atoms with van der Waals surface area (Å²) < 4.78 is 3.89. The average molecular weight is 985 g/mol. The van der Waals surface area contributed by atoms with Gasteiger partial charge in [-0.2, -0.15) is 10.2 Å². The van der Waals surface area contributed by atoms with Crippen molar-refractivity contribution in [2.45, 2.75) is 39.9 Å². The zero-order valence-corrected chi connectivity index (χ0v) is 43.0.